The number of allylic oxidation sites excluding steroid dienone is 2. The van der Waals surface area contributed by atoms with Crippen LogP contribution < -0.4 is 5.32 Å². The summed E-state index contributed by atoms with van der Waals surface area (Å²) in [5.74, 6) is -1.15. The summed E-state index contributed by atoms with van der Waals surface area (Å²) >= 11 is 0. The van der Waals surface area contributed by atoms with Crippen LogP contribution >= 0.6 is 0 Å². The molecule has 15 heavy (non-hydrogen) atoms. The van der Waals surface area contributed by atoms with Crippen LogP contribution in [0.1, 0.15) is 32.6 Å². The molecule has 0 spiro atoms. The molecule has 1 unspecified atom stereocenters. The summed E-state index contributed by atoms with van der Waals surface area (Å²) in [6.45, 7) is 1.90. The van der Waals surface area contributed by atoms with Crippen molar-refractivity contribution in [2.24, 2.45) is 5.92 Å². The first-order valence-electron chi connectivity index (χ1n) is 5.33. The SMILES string of the molecule is CCCC(NC(=O)C1CC=CC1)C(=O)O. The van der Waals surface area contributed by atoms with Crippen molar-refractivity contribution in [1.82, 2.24) is 5.32 Å². The van der Waals surface area contributed by atoms with Gasteiger partial charge in [-0.25, -0.2) is 4.79 Å². The molecule has 0 aromatic carbocycles. The lowest BCUT2D eigenvalue weighted by Gasteiger charge is -2.16. The smallest absolute Gasteiger partial charge is 0.326 e. The summed E-state index contributed by atoms with van der Waals surface area (Å²) in [6, 6.07) is -0.733. The van der Waals surface area contributed by atoms with E-state index >= 15 is 0 Å². The maximum Gasteiger partial charge on any atom is 0.326 e. The van der Waals surface area contributed by atoms with E-state index in [1.54, 1.807) is 0 Å². The summed E-state index contributed by atoms with van der Waals surface area (Å²) in [5, 5.41) is 11.4. The fourth-order valence-electron chi connectivity index (χ4n) is 1.67. The second-order valence-corrected chi connectivity index (χ2v) is 3.83. The van der Waals surface area contributed by atoms with Gasteiger partial charge in [-0.05, 0) is 19.3 Å². The van der Waals surface area contributed by atoms with Crippen LogP contribution in [0.3, 0.4) is 0 Å². The van der Waals surface area contributed by atoms with Crippen LogP contribution in [0.2, 0.25) is 0 Å². The number of hydrogen-bond donors (Lipinski definition) is 2. The Kier molecular flexibility index (Phi) is 4.34. The third-order valence-electron chi connectivity index (χ3n) is 2.57. The molecule has 0 radical (unpaired) electrons. The number of aliphatic carboxylic acids is 1. The molecule has 0 aliphatic heterocycles. The minimum Gasteiger partial charge on any atom is -0.480 e. The van der Waals surface area contributed by atoms with Gasteiger partial charge < -0.3 is 10.4 Å². The van der Waals surface area contributed by atoms with Crippen molar-refractivity contribution in [2.45, 2.75) is 38.6 Å². The summed E-state index contributed by atoms with van der Waals surface area (Å²) in [6.07, 6.45) is 6.61. The van der Waals surface area contributed by atoms with E-state index in [1.165, 1.54) is 0 Å². The zero-order chi connectivity index (χ0) is 11.3. The summed E-state index contributed by atoms with van der Waals surface area (Å²) < 4.78 is 0. The molecular weight excluding hydrogens is 194 g/mol. The molecule has 0 aromatic rings. The fraction of sp³-hybridized carbons (Fsp3) is 0.636. The summed E-state index contributed by atoms with van der Waals surface area (Å²) in [7, 11) is 0. The molecule has 4 heteroatoms. The second kappa shape index (κ2) is 5.53. The van der Waals surface area contributed by atoms with Gasteiger partial charge in [0.25, 0.3) is 0 Å². The number of amides is 1. The van der Waals surface area contributed by atoms with Crippen LogP contribution in [0.25, 0.3) is 0 Å². The molecule has 0 aromatic heterocycles. The number of carboxylic acids is 1. The average Bonchev–Trinajstić information content (AvgIpc) is 2.69. The summed E-state index contributed by atoms with van der Waals surface area (Å²) in [4.78, 5) is 22.4. The van der Waals surface area contributed by atoms with Gasteiger partial charge in [-0.15, -0.1) is 0 Å². The molecule has 1 aliphatic carbocycles. The molecule has 0 saturated carbocycles. The van der Waals surface area contributed by atoms with Gasteiger partial charge in [0.05, 0.1) is 0 Å². The van der Waals surface area contributed by atoms with E-state index in [2.05, 4.69) is 5.32 Å². The highest BCUT2D eigenvalue weighted by molar-refractivity contribution is 5.85. The molecule has 1 rings (SSSR count). The second-order valence-electron chi connectivity index (χ2n) is 3.83. The van der Waals surface area contributed by atoms with E-state index in [4.69, 9.17) is 5.11 Å². The van der Waals surface area contributed by atoms with Gasteiger partial charge in [0.2, 0.25) is 5.91 Å². The van der Waals surface area contributed by atoms with E-state index in [9.17, 15) is 9.59 Å². The molecule has 0 heterocycles. The molecular formula is C11H17NO3. The monoisotopic (exact) mass is 211 g/mol. The minimum atomic E-state index is -0.948. The van der Waals surface area contributed by atoms with E-state index in [-0.39, 0.29) is 11.8 Å². The van der Waals surface area contributed by atoms with Crippen LogP contribution in [0, 0.1) is 5.92 Å². The van der Waals surface area contributed by atoms with Crippen molar-refractivity contribution >= 4 is 11.9 Å². The molecule has 0 bridgehead atoms. The number of rotatable bonds is 5. The zero-order valence-electron chi connectivity index (χ0n) is 8.90. The lowest BCUT2D eigenvalue weighted by molar-refractivity contribution is -0.142. The number of carbonyl (C=O) groups is 2. The van der Waals surface area contributed by atoms with Gasteiger partial charge in [-0.1, -0.05) is 25.5 Å². The van der Waals surface area contributed by atoms with Gasteiger partial charge in [0.1, 0.15) is 6.04 Å². The maximum absolute atomic E-state index is 11.6. The topological polar surface area (TPSA) is 66.4 Å². The first kappa shape index (κ1) is 11.8. The highest BCUT2D eigenvalue weighted by atomic mass is 16.4. The quantitative estimate of drug-likeness (QED) is 0.674. The van der Waals surface area contributed by atoms with Crippen molar-refractivity contribution in [3.05, 3.63) is 12.2 Å². The predicted octanol–water partition coefficient (Wildman–Crippen LogP) is 1.32. The van der Waals surface area contributed by atoms with Crippen LogP contribution in [-0.4, -0.2) is 23.0 Å². The standard InChI is InChI=1S/C11H17NO3/c1-2-5-9(11(14)15)12-10(13)8-6-3-4-7-8/h3-4,8-9H,2,5-7H2,1H3,(H,12,13)(H,14,15). The van der Waals surface area contributed by atoms with Gasteiger partial charge >= 0.3 is 5.97 Å². The van der Waals surface area contributed by atoms with E-state index < -0.39 is 12.0 Å². The number of carbonyl (C=O) groups excluding carboxylic acids is 1. The first-order valence-corrected chi connectivity index (χ1v) is 5.33. The Hall–Kier alpha value is -1.32. The Morgan fingerprint density at radius 2 is 2.07 bits per heavy atom. The predicted molar refractivity (Wildman–Crippen MR) is 56.3 cm³/mol. The van der Waals surface area contributed by atoms with Gasteiger partial charge in [-0.3, -0.25) is 4.79 Å². The first-order chi connectivity index (χ1) is 7.15. The highest BCUT2D eigenvalue weighted by Gasteiger charge is 2.24. The van der Waals surface area contributed by atoms with Crippen molar-refractivity contribution in [3.8, 4) is 0 Å². The Morgan fingerprint density at radius 3 is 2.53 bits per heavy atom. The highest BCUT2D eigenvalue weighted by Crippen LogP contribution is 2.17. The van der Waals surface area contributed by atoms with E-state index in [0.29, 0.717) is 6.42 Å². The number of nitrogens with one attached hydrogen (secondary N) is 1. The van der Waals surface area contributed by atoms with Crippen molar-refractivity contribution in [1.29, 1.82) is 0 Å². The van der Waals surface area contributed by atoms with Gasteiger partial charge in [0, 0.05) is 5.92 Å². The van der Waals surface area contributed by atoms with Crippen molar-refractivity contribution in [2.75, 3.05) is 0 Å². The maximum atomic E-state index is 11.6. The third-order valence-corrected chi connectivity index (χ3v) is 2.57. The molecule has 0 saturated heterocycles. The molecule has 1 aliphatic rings. The fourth-order valence-corrected chi connectivity index (χ4v) is 1.67. The Morgan fingerprint density at radius 1 is 1.47 bits per heavy atom. The molecule has 1 amide bonds. The van der Waals surface area contributed by atoms with Crippen molar-refractivity contribution < 1.29 is 14.7 Å². The van der Waals surface area contributed by atoms with Gasteiger partial charge in [0.15, 0.2) is 0 Å². The van der Waals surface area contributed by atoms with Crippen molar-refractivity contribution in [3.63, 3.8) is 0 Å². The molecule has 0 fully saturated rings. The lowest BCUT2D eigenvalue weighted by atomic mass is 10.1. The Labute approximate surface area is 89.4 Å². The van der Waals surface area contributed by atoms with Crippen LogP contribution in [0.5, 0.6) is 0 Å². The normalized spacial score (nSPS) is 17.7. The van der Waals surface area contributed by atoms with E-state index in [0.717, 1.165) is 19.3 Å². The Bertz CT molecular complexity index is 265. The van der Waals surface area contributed by atoms with Crippen LogP contribution in [0.4, 0.5) is 0 Å². The lowest BCUT2D eigenvalue weighted by Crippen LogP contribution is -2.43. The van der Waals surface area contributed by atoms with E-state index in [1.807, 2.05) is 19.1 Å². The minimum absolute atomic E-state index is 0.0660. The molecule has 4 nitrogen and oxygen atoms in total. The van der Waals surface area contributed by atoms with Gasteiger partial charge in [-0.2, -0.15) is 0 Å². The third kappa shape index (κ3) is 3.38. The van der Waals surface area contributed by atoms with Crippen LogP contribution in [0.15, 0.2) is 12.2 Å². The molecule has 84 valence electrons. The molecule has 2 N–H and O–H groups in total. The largest absolute Gasteiger partial charge is 0.480 e. The zero-order valence-corrected chi connectivity index (χ0v) is 8.90. The Balaban J connectivity index is 2.43. The number of carboxylic acid groups (broad SMARTS) is 1. The number of hydrogen-bond acceptors (Lipinski definition) is 2. The van der Waals surface area contributed by atoms with Crippen LogP contribution in [-0.2, 0) is 9.59 Å². The molecule has 1 atom stereocenters. The summed E-state index contributed by atoms with van der Waals surface area (Å²) in [5.41, 5.74) is 0. The average molecular weight is 211 g/mol.